The van der Waals surface area contributed by atoms with Gasteiger partial charge in [-0.2, -0.15) is 0 Å². The number of benzene rings is 2. The molecular formula is C14H12ClF2NO. The van der Waals surface area contributed by atoms with Gasteiger partial charge in [0.05, 0.1) is 23.4 Å². The lowest BCUT2D eigenvalue weighted by Crippen LogP contribution is -2.18. The normalized spacial score (nSPS) is 12.2. The van der Waals surface area contributed by atoms with Crippen molar-refractivity contribution >= 4 is 17.3 Å². The highest BCUT2D eigenvalue weighted by Gasteiger charge is 2.19. The van der Waals surface area contributed by atoms with E-state index in [2.05, 4.69) is 5.32 Å². The third kappa shape index (κ3) is 3.03. The summed E-state index contributed by atoms with van der Waals surface area (Å²) in [5.74, 6) is -1.42. The van der Waals surface area contributed by atoms with Crippen LogP contribution in [0.25, 0.3) is 0 Å². The second-order valence-corrected chi connectivity index (χ2v) is 4.40. The van der Waals surface area contributed by atoms with Gasteiger partial charge in [-0.3, -0.25) is 0 Å². The van der Waals surface area contributed by atoms with E-state index in [1.165, 1.54) is 6.07 Å². The topological polar surface area (TPSA) is 32.3 Å². The van der Waals surface area contributed by atoms with Gasteiger partial charge in [0.1, 0.15) is 11.6 Å². The predicted octanol–water partition coefficient (Wildman–Crippen LogP) is 3.76. The second kappa shape index (κ2) is 5.99. The molecule has 1 unspecified atom stereocenters. The SMILES string of the molecule is OCC(Nc1ccccc1Cl)c1c(F)cccc1F. The quantitative estimate of drug-likeness (QED) is 0.895. The van der Waals surface area contributed by atoms with Crippen LogP contribution >= 0.6 is 11.6 Å². The fourth-order valence-electron chi connectivity index (χ4n) is 1.82. The van der Waals surface area contributed by atoms with E-state index in [-0.39, 0.29) is 5.56 Å². The first kappa shape index (κ1) is 13.8. The summed E-state index contributed by atoms with van der Waals surface area (Å²) in [6.07, 6.45) is 0. The summed E-state index contributed by atoms with van der Waals surface area (Å²) < 4.78 is 27.3. The van der Waals surface area contributed by atoms with Gasteiger partial charge in [-0.25, -0.2) is 8.78 Å². The Bertz CT molecular complexity index is 557. The third-order valence-electron chi connectivity index (χ3n) is 2.73. The van der Waals surface area contributed by atoms with Crippen molar-refractivity contribution in [3.05, 3.63) is 64.7 Å². The fraction of sp³-hybridized carbons (Fsp3) is 0.143. The van der Waals surface area contributed by atoms with Gasteiger partial charge in [-0.15, -0.1) is 0 Å². The zero-order valence-electron chi connectivity index (χ0n) is 9.91. The first-order valence-corrected chi connectivity index (χ1v) is 6.07. The summed E-state index contributed by atoms with van der Waals surface area (Å²) >= 11 is 5.96. The van der Waals surface area contributed by atoms with E-state index in [1.54, 1.807) is 24.3 Å². The zero-order chi connectivity index (χ0) is 13.8. The summed E-state index contributed by atoms with van der Waals surface area (Å²) in [4.78, 5) is 0. The fourth-order valence-corrected chi connectivity index (χ4v) is 2.01. The maximum atomic E-state index is 13.7. The maximum absolute atomic E-state index is 13.7. The molecule has 0 saturated heterocycles. The minimum atomic E-state index is -0.902. The molecule has 0 radical (unpaired) electrons. The molecule has 0 spiro atoms. The molecule has 2 aromatic carbocycles. The monoisotopic (exact) mass is 283 g/mol. The molecule has 0 aromatic heterocycles. The summed E-state index contributed by atoms with van der Waals surface area (Å²) in [6.45, 7) is -0.455. The van der Waals surface area contributed by atoms with Crippen molar-refractivity contribution in [2.75, 3.05) is 11.9 Å². The summed E-state index contributed by atoms with van der Waals surface area (Å²) in [5, 5.41) is 12.6. The molecule has 0 amide bonds. The average molecular weight is 284 g/mol. The molecule has 0 heterocycles. The number of hydrogen-bond acceptors (Lipinski definition) is 2. The summed E-state index contributed by atoms with van der Waals surface area (Å²) in [6, 6.07) is 9.47. The van der Waals surface area contributed by atoms with Crippen LogP contribution in [0.5, 0.6) is 0 Å². The van der Waals surface area contributed by atoms with Crippen molar-refractivity contribution in [3.8, 4) is 0 Å². The molecule has 0 aliphatic carbocycles. The molecule has 0 fully saturated rings. The second-order valence-electron chi connectivity index (χ2n) is 3.99. The Morgan fingerprint density at radius 2 is 1.68 bits per heavy atom. The van der Waals surface area contributed by atoms with E-state index >= 15 is 0 Å². The first-order chi connectivity index (χ1) is 9.13. The van der Waals surface area contributed by atoms with Crippen LogP contribution in [0, 0.1) is 11.6 Å². The molecule has 0 saturated carbocycles. The number of para-hydroxylation sites is 1. The van der Waals surface area contributed by atoms with Crippen LogP contribution < -0.4 is 5.32 Å². The van der Waals surface area contributed by atoms with Crippen molar-refractivity contribution < 1.29 is 13.9 Å². The molecule has 5 heteroatoms. The maximum Gasteiger partial charge on any atom is 0.131 e. The van der Waals surface area contributed by atoms with Gasteiger partial charge >= 0.3 is 0 Å². The molecule has 0 bridgehead atoms. The van der Waals surface area contributed by atoms with Crippen LogP contribution in [-0.2, 0) is 0 Å². The largest absolute Gasteiger partial charge is 0.394 e. The van der Waals surface area contributed by atoms with Crippen molar-refractivity contribution in [3.63, 3.8) is 0 Å². The number of halogens is 3. The van der Waals surface area contributed by atoms with Gasteiger partial charge in [-0.1, -0.05) is 29.8 Å². The summed E-state index contributed by atoms with van der Waals surface area (Å²) in [7, 11) is 0. The lowest BCUT2D eigenvalue weighted by atomic mass is 10.1. The standard InChI is InChI=1S/C14H12ClF2NO/c15-9-4-1-2-7-12(9)18-13(8-19)14-10(16)5-3-6-11(14)17/h1-7,13,18-19H,8H2. The summed E-state index contributed by atoms with van der Waals surface area (Å²) in [5.41, 5.74) is 0.302. The Balaban J connectivity index is 2.34. The Morgan fingerprint density at radius 1 is 1.05 bits per heavy atom. The highest BCUT2D eigenvalue weighted by molar-refractivity contribution is 6.33. The molecular weight excluding hydrogens is 272 g/mol. The number of anilines is 1. The molecule has 0 aliphatic rings. The van der Waals surface area contributed by atoms with Crippen molar-refractivity contribution in [1.82, 2.24) is 0 Å². The number of aliphatic hydroxyl groups excluding tert-OH is 1. The van der Waals surface area contributed by atoms with Gasteiger partial charge in [0.25, 0.3) is 0 Å². The van der Waals surface area contributed by atoms with Crippen molar-refractivity contribution in [2.45, 2.75) is 6.04 Å². The number of nitrogens with one attached hydrogen (secondary N) is 1. The molecule has 1 atom stereocenters. The van der Waals surface area contributed by atoms with Gasteiger partial charge in [0, 0.05) is 5.56 Å². The van der Waals surface area contributed by atoms with Crippen LogP contribution in [0.15, 0.2) is 42.5 Å². The molecule has 2 N–H and O–H groups in total. The van der Waals surface area contributed by atoms with Crippen molar-refractivity contribution in [1.29, 1.82) is 0 Å². The van der Waals surface area contributed by atoms with Crippen molar-refractivity contribution in [2.24, 2.45) is 0 Å². The van der Waals surface area contributed by atoms with E-state index in [9.17, 15) is 13.9 Å². The molecule has 19 heavy (non-hydrogen) atoms. The van der Waals surface area contributed by atoms with E-state index in [0.29, 0.717) is 10.7 Å². The number of aliphatic hydroxyl groups is 1. The molecule has 100 valence electrons. The van der Waals surface area contributed by atoms with Crippen LogP contribution in [0.1, 0.15) is 11.6 Å². The first-order valence-electron chi connectivity index (χ1n) is 5.69. The van der Waals surface area contributed by atoms with E-state index in [4.69, 9.17) is 11.6 Å². The third-order valence-corrected chi connectivity index (χ3v) is 3.06. The molecule has 0 aliphatic heterocycles. The predicted molar refractivity (Wildman–Crippen MR) is 71.3 cm³/mol. The molecule has 2 aromatic rings. The van der Waals surface area contributed by atoms with E-state index in [1.807, 2.05) is 0 Å². The highest BCUT2D eigenvalue weighted by atomic mass is 35.5. The van der Waals surface area contributed by atoms with Crippen LogP contribution in [0.2, 0.25) is 5.02 Å². The Morgan fingerprint density at radius 3 is 2.26 bits per heavy atom. The molecule has 2 rings (SSSR count). The zero-order valence-corrected chi connectivity index (χ0v) is 10.7. The molecule has 2 nitrogen and oxygen atoms in total. The van der Waals surface area contributed by atoms with Crippen LogP contribution in [0.3, 0.4) is 0 Å². The van der Waals surface area contributed by atoms with Crippen LogP contribution in [0.4, 0.5) is 14.5 Å². The Hall–Kier alpha value is -1.65. The minimum Gasteiger partial charge on any atom is -0.394 e. The van der Waals surface area contributed by atoms with Crippen LogP contribution in [-0.4, -0.2) is 11.7 Å². The van der Waals surface area contributed by atoms with Gasteiger partial charge in [0.2, 0.25) is 0 Å². The van der Waals surface area contributed by atoms with E-state index < -0.39 is 24.3 Å². The number of rotatable bonds is 4. The average Bonchev–Trinajstić information content (AvgIpc) is 2.39. The smallest absolute Gasteiger partial charge is 0.131 e. The number of hydrogen-bond donors (Lipinski definition) is 2. The van der Waals surface area contributed by atoms with Gasteiger partial charge in [-0.05, 0) is 24.3 Å². The lowest BCUT2D eigenvalue weighted by Gasteiger charge is -2.20. The lowest BCUT2D eigenvalue weighted by molar-refractivity contribution is 0.271. The minimum absolute atomic E-state index is 0.204. The highest BCUT2D eigenvalue weighted by Crippen LogP contribution is 2.28. The van der Waals surface area contributed by atoms with E-state index in [0.717, 1.165) is 12.1 Å². The Labute approximate surface area is 114 Å². The van der Waals surface area contributed by atoms with Gasteiger partial charge in [0.15, 0.2) is 0 Å². The van der Waals surface area contributed by atoms with Gasteiger partial charge < -0.3 is 10.4 Å². The Kier molecular flexibility index (Phi) is 4.35.